The van der Waals surface area contributed by atoms with Gasteiger partial charge in [-0.2, -0.15) is 0 Å². The fourth-order valence-electron chi connectivity index (χ4n) is 2.99. The third-order valence-corrected chi connectivity index (χ3v) is 6.85. The van der Waals surface area contributed by atoms with E-state index in [0.29, 0.717) is 19.0 Å². The van der Waals surface area contributed by atoms with E-state index in [1.807, 2.05) is 35.6 Å². The van der Waals surface area contributed by atoms with Crippen molar-refractivity contribution in [3.63, 3.8) is 0 Å². The minimum Gasteiger partial charge on any atom is -0.486 e. The number of halogens is 2. The van der Waals surface area contributed by atoms with E-state index < -0.39 is 10.0 Å². The number of thioether (sulfide) groups is 1. The Morgan fingerprint density at radius 1 is 1.17 bits per heavy atom. The minimum atomic E-state index is -3.90. The predicted molar refractivity (Wildman–Crippen MR) is 121 cm³/mol. The van der Waals surface area contributed by atoms with Gasteiger partial charge in [0.1, 0.15) is 18.1 Å². The average Bonchev–Trinajstić information content (AvgIpc) is 3.01. The molecule has 0 fully saturated rings. The SMILES string of the molecule is Br.CN1C(c2ccc(Cl)c(S(N)(=O)=O)c2)=CSC1Nc1ccc2c(c1)OCCO2. The number of hydrogen-bond acceptors (Lipinski definition) is 7. The topological polar surface area (TPSA) is 93.9 Å². The first kappa shape index (κ1) is 22.1. The number of primary sulfonamides is 1. The summed E-state index contributed by atoms with van der Waals surface area (Å²) in [6, 6.07) is 10.5. The predicted octanol–water partition coefficient (Wildman–Crippen LogP) is 3.71. The van der Waals surface area contributed by atoms with Crippen LogP contribution >= 0.6 is 40.3 Å². The van der Waals surface area contributed by atoms with Crippen LogP contribution in [0.15, 0.2) is 46.7 Å². The maximum Gasteiger partial charge on any atom is 0.239 e. The number of anilines is 1. The van der Waals surface area contributed by atoms with E-state index in [2.05, 4.69) is 5.32 Å². The van der Waals surface area contributed by atoms with Gasteiger partial charge in [-0.25, -0.2) is 13.6 Å². The molecular formula is C18H19BrClN3O4S2. The lowest BCUT2D eigenvalue weighted by atomic mass is 10.1. The lowest BCUT2D eigenvalue weighted by Crippen LogP contribution is -2.30. The quantitative estimate of drug-likeness (QED) is 0.635. The van der Waals surface area contributed by atoms with E-state index in [1.54, 1.807) is 17.8 Å². The first-order chi connectivity index (χ1) is 13.3. The molecule has 0 bridgehead atoms. The zero-order valence-corrected chi connectivity index (χ0v) is 19.4. The Morgan fingerprint density at radius 2 is 1.90 bits per heavy atom. The number of fused-ring (bicyclic) bond motifs is 1. The van der Waals surface area contributed by atoms with Gasteiger partial charge in [-0.15, -0.1) is 17.0 Å². The second-order valence-corrected chi connectivity index (χ2v) is 9.19. The van der Waals surface area contributed by atoms with Crippen LogP contribution in [0.1, 0.15) is 5.56 Å². The highest BCUT2D eigenvalue weighted by Crippen LogP contribution is 2.39. The molecule has 0 spiro atoms. The molecule has 29 heavy (non-hydrogen) atoms. The van der Waals surface area contributed by atoms with E-state index in [4.69, 9.17) is 26.2 Å². The second kappa shape index (κ2) is 8.65. The second-order valence-electron chi connectivity index (χ2n) is 6.30. The summed E-state index contributed by atoms with van der Waals surface area (Å²) in [6.07, 6.45) is 0. The van der Waals surface area contributed by atoms with Gasteiger partial charge in [0.15, 0.2) is 17.0 Å². The molecular weight excluding hydrogens is 502 g/mol. The van der Waals surface area contributed by atoms with Gasteiger partial charge in [0.05, 0.1) is 10.7 Å². The van der Waals surface area contributed by atoms with E-state index in [0.717, 1.165) is 22.7 Å². The molecule has 11 heteroatoms. The summed E-state index contributed by atoms with van der Waals surface area (Å²) >= 11 is 7.56. The molecule has 7 nitrogen and oxygen atoms in total. The van der Waals surface area contributed by atoms with Crippen LogP contribution in [0.3, 0.4) is 0 Å². The molecule has 0 aromatic heterocycles. The van der Waals surface area contributed by atoms with Crippen molar-refractivity contribution in [2.45, 2.75) is 10.4 Å². The Bertz CT molecular complexity index is 1070. The van der Waals surface area contributed by atoms with E-state index in [-0.39, 0.29) is 32.4 Å². The molecule has 0 aliphatic carbocycles. The van der Waals surface area contributed by atoms with Crippen LogP contribution < -0.4 is 19.9 Å². The summed E-state index contributed by atoms with van der Waals surface area (Å²) in [7, 11) is -1.98. The van der Waals surface area contributed by atoms with Crippen LogP contribution in [0.4, 0.5) is 5.69 Å². The van der Waals surface area contributed by atoms with Crippen molar-refractivity contribution in [3.05, 3.63) is 52.4 Å². The summed E-state index contributed by atoms with van der Waals surface area (Å²) in [5, 5.41) is 10.8. The van der Waals surface area contributed by atoms with Gasteiger partial charge in [0, 0.05) is 18.8 Å². The zero-order chi connectivity index (χ0) is 19.9. The van der Waals surface area contributed by atoms with Gasteiger partial charge in [0.2, 0.25) is 10.0 Å². The van der Waals surface area contributed by atoms with Crippen LogP contribution in [-0.2, 0) is 10.0 Å². The van der Waals surface area contributed by atoms with E-state index in [9.17, 15) is 8.42 Å². The highest BCUT2D eigenvalue weighted by Gasteiger charge is 2.26. The number of nitrogens with one attached hydrogen (secondary N) is 1. The Balaban J connectivity index is 0.00000240. The van der Waals surface area contributed by atoms with Crippen LogP contribution in [0, 0.1) is 0 Å². The lowest BCUT2D eigenvalue weighted by molar-refractivity contribution is 0.171. The van der Waals surface area contributed by atoms with Gasteiger partial charge >= 0.3 is 0 Å². The summed E-state index contributed by atoms with van der Waals surface area (Å²) in [5.41, 5.74) is 2.40. The number of rotatable bonds is 4. The zero-order valence-electron chi connectivity index (χ0n) is 15.3. The number of hydrogen-bond donors (Lipinski definition) is 2. The summed E-state index contributed by atoms with van der Waals surface area (Å²) in [4.78, 5) is 1.92. The Hall–Kier alpha value is -1.59. The lowest BCUT2D eigenvalue weighted by Gasteiger charge is -2.27. The number of benzene rings is 2. The molecule has 1 atom stereocenters. The fraction of sp³-hybridized carbons (Fsp3) is 0.222. The summed E-state index contributed by atoms with van der Waals surface area (Å²) < 4.78 is 34.7. The molecule has 0 amide bonds. The third-order valence-electron chi connectivity index (χ3n) is 4.41. The van der Waals surface area contributed by atoms with Crippen LogP contribution in [-0.4, -0.2) is 39.1 Å². The summed E-state index contributed by atoms with van der Waals surface area (Å²) in [5.74, 6) is 1.45. The normalized spacial score (nSPS) is 18.1. The van der Waals surface area contributed by atoms with Crippen molar-refractivity contribution in [2.75, 3.05) is 25.6 Å². The monoisotopic (exact) mass is 519 g/mol. The number of nitrogens with two attached hydrogens (primary N) is 1. The Morgan fingerprint density at radius 3 is 2.62 bits per heavy atom. The molecule has 156 valence electrons. The van der Waals surface area contributed by atoms with Crippen molar-refractivity contribution < 1.29 is 17.9 Å². The van der Waals surface area contributed by atoms with E-state index >= 15 is 0 Å². The molecule has 2 aromatic rings. The van der Waals surface area contributed by atoms with Gasteiger partial charge < -0.3 is 19.7 Å². The molecule has 0 saturated carbocycles. The van der Waals surface area contributed by atoms with Gasteiger partial charge in [-0.05, 0) is 35.2 Å². The first-order valence-corrected chi connectivity index (χ1v) is 11.3. The molecule has 2 aromatic carbocycles. The standard InChI is InChI=1S/C18H18ClN3O4S2.BrH/c1-22-14(11-2-4-13(19)17(8-11)28(20,23)24)10-27-18(22)21-12-3-5-15-16(9-12)26-7-6-25-15;/h2-5,8-10,18,21H,6-7H2,1H3,(H2,20,23,24);1H. The van der Waals surface area contributed by atoms with Crippen LogP contribution in [0.5, 0.6) is 11.5 Å². The van der Waals surface area contributed by atoms with Crippen molar-refractivity contribution in [2.24, 2.45) is 5.14 Å². The fourth-order valence-corrected chi connectivity index (χ4v) is 5.12. The molecule has 3 N–H and O–H groups in total. The molecule has 0 radical (unpaired) electrons. The Kier molecular flexibility index (Phi) is 6.59. The third kappa shape index (κ3) is 4.61. The van der Waals surface area contributed by atoms with E-state index in [1.165, 1.54) is 12.1 Å². The molecule has 2 heterocycles. The molecule has 4 rings (SSSR count). The van der Waals surface area contributed by atoms with Crippen molar-refractivity contribution in [3.8, 4) is 11.5 Å². The van der Waals surface area contributed by atoms with Gasteiger partial charge in [-0.3, -0.25) is 0 Å². The number of ether oxygens (including phenoxy) is 2. The highest BCUT2D eigenvalue weighted by molar-refractivity contribution is 8.93. The highest BCUT2D eigenvalue weighted by atomic mass is 79.9. The first-order valence-electron chi connectivity index (χ1n) is 8.40. The maximum atomic E-state index is 11.7. The smallest absolute Gasteiger partial charge is 0.239 e. The largest absolute Gasteiger partial charge is 0.486 e. The van der Waals surface area contributed by atoms with Crippen molar-refractivity contribution >= 4 is 61.8 Å². The molecule has 2 aliphatic heterocycles. The van der Waals surface area contributed by atoms with Gasteiger partial charge in [0.25, 0.3) is 0 Å². The maximum absolute atomic E-state index is 11.7. The average molecular weight is 521 g/mol. The Labute approximate surface area is 189 Å². The van der Waals surface area contributed by atoms with Crippen LogP contribution in [0.25, 0.3) is 5.70 Å². The number of nitrogens with zero attached hydrogens (tertiary/aromatic N) is 1. The van der Waals surface area contributed by atoms with Gasteiger partial charge in [-0.1, -0.05) is 29.4 Å². The van der Waals surface area contributed by atoms with Crippen molar-refractivity contribution in [1.29, 1.82) is 0 Å². The van der Waals surface area contributed by atoms with Crippen LogP contribution in [0.2, 0.25) is 5.02 Å². The summed E-state index contributed by atoms with van der Waals surface area (Å²) in [6.45, 7) is 1.08. The number of sulfonamides is 1. The molecule has 0 saturated heterocycles. The minimum absolute atomic E-state index is 0. The van der Waals surface area contributed by atoms with Crippen molar-refractivity contribution in [1.82, 2.24) is 4.90 Å². The molecule has 2 aliphatic rings. The molecule has 1 unspecified atom stereocenters.